The molecule has 1 unspecified atom stereocenters. The Morgan fingerprint density at radius 3 is 2.36 bits per heavy atom. The van der Waals surface area contributed by atoms with Gasteiger partial charge in [-0.25, -0.2) is 18.3 Å². The molecule has 0 spiro atoms. The first kappa shape index (κ1) is 29.6. The van der Waals surface area contributed by atoms with E-state index in [0.717, 1.165) is 10.0 Å². The normalized spacial score (nSPS) is 17.1. The average Bonchev–Trinajstić information content (AvgIpc) is 3.38. The largest absolute Gasteiger partial charge is 0.356 e. The number of sulfone groups is 1. The number of unbranched alkanes of at least 4 members (excludes halogenated alkanes) is 1. The highest BCUT2D eigenvalue weighted by Crippen LogP contribution is 2.44. The van der Waals surface area contributed by atoms with Crippen LogP contribution in [0.25, 0.3) is 0 Å². The summed E-state index contributed by atoms with van der Waals surface area (Å²) in [7, 11) is -3.83. The molecule has 4 rings (SSSR count). The zero-order valence-electron chi connectivity index (χ0n) is 21.7. The molecule has 1 aliphatic heterocycles. The highest BCUT2D eigenvalue weighted by atomic mass is 79.9. The number of carbonyl (C=O) groups excluding carboxylic acids is 2. The molecule has 39 heavy (non-hydrogen) atoms. The topological polar surface area (TPSA) is 101 Å². The van der Waals surface area contributed by atoms with E-state index in [0.29, 0.717) is 35.1 Å². The molecule has 0 bridgehead atoms. The molecule has 8 nitrogen and oxygen atoms in total. The number of rotatable bonds is 10. The third-order valence-corrected chi connectivity index (χ3v) is 9.33. The van der Waals surface area contributed by atoms with Crippen LogP contribution in [-0.4, -0.2) is 42.1 Å². The standard InChI is InChI=1S/C27H29BrCl2N4O4S/c1-17(2)24(35)31-10-4-5-11-39(37,38)23-16-32-26-33(22-13-20(29)12-21(30)14-22)25(36)27(3,34(23)26)15-18-6-8-19(28)9-7-18/h6-9,12-14,16-17H,4-5,10-11,15H2,1-3H3,(H,31,35). The van der Waals surface area contributed by atoms with Crippen LogP contribution in [0, 0.1) is 5.92 Å². The Hall–Kier alpha value is -2.40. The van der Waals surface area contributed by atoms with Crippen LogP contribution in [-0.2, 0) is 31.4 Å². The first-order valence-corrected chi connectivity index (χ1v) is 15.7. The van der Waals surface area contributed by atoms with Crippen molar-refractivity contribution in [3.05, 3.63) is 68.7 Å². The van der Waals surface area contributed by atoms with Crippen LogP contribution < -0.4 is 10.2 Å². The molecule has 1 aliphatic rings. The number of halogens is 3. The average molecular weight is 656 g/mol. The van der Waals surface area contributed by atoms with E-state index in [9.17, 15) is 18.0 Å². The second-order valence-electron chi connectivity index (χ2n) is 10.0. The molecule has 0 saturated carbocycles. The summed E-state index contributed by atoms with van der Waals surface area (Å²) in [6.07, 6.45) is 2.38. The fourth-order valence-corrected chi connectivity index (χ4v) is 6.93. The first-order chi connectivity index (χ1) is 18.3. The molecule has 1 aromatic heterocycles. The van der Waals surface area contributed by atoms with Crippen molar-refractivity contribution >= 4 is 72.4 Å². The Morgan fingerprint density at radius 2 is 1.74 bits per heavy atom. The van der Waals surface area contributed by atoms with Gasteiger partial charge in [-0.3, -0.25) is 14.2 Å². The molecule has 1 atom stereocenters. The van der Waals surface area contributed by atoms with Crippen LogP contribution >= 0.6 is 39.1 Å². The molecule has 0 saturated heterocycles. The third kappa shape index (κ3) is 6.19. The predicted octanol–water partition coefficient (Wildman–Crippen LogP) is 5.91. The van der Waals surface area contributed by atoms with Gasteiger partial charge in [-0.1, -0.05) is 65.1 Å². The summed E-state index contributed by atoms with van der Waals surface area (Å²) in [4.78, 5) is 31.6. The summed E-state index contributed by atoms with van der Waals surface area (Å²) in [5.74, 6) is -0.530. The SMILES string of the molecule is CC(C)C(=O)NCCCCS(=O)(=O)c1cnc2n1C(C)(Cc1ccc(Br)cc1)C(=O)N2c1cc(Cl)cc(Cl)c1. The second kappa shape index (κ2) is 11.6. The summed E-state index contributed by atoms with van der Waals surface area (Å²) in [5, 5.41) is 3.44. The second-order valence-corrected chi connectivity index (χ2v) is 13.9. The quantitative estimate of drug-likeness (QED) is 0.274. The number of amides is 2. The van der Waals surface area contributed by atoms with E-state index in [1.54, 1.807) is 39.0 Å². The first-order valence-electron chi connectivity index (χ1n) is 12.5. The molecule has 208 valence electrons. The Labute approximate surface area is 246 Å². The van der Waals surface area contributed by atoms with E-state index < -0.39 is 15.4 Å². The highest BCUT2D eigenvalue weighted by Gasteiger charge is 2.51. The van der Waals surface area contributed by atoms with Gasteiger partial charge in [0.25, 0.3) is 5.91 Å². The van der Waals surface area contributed by atoms with Crippen LogP contribution in [0.4, 0.5) is 11.6 Å². The van der Waals surface area contributed by atoms with Crippen molar-refractivity contribution < 1.29 is 18.0 Å². The van der Waals surface area contributed by atoms with Crippen molar-refractivity contribution in [3.8, 4) is 0 Å². The van der Waals surface area contributed by atoms with Gasteiger partial charge < -0.3 is 5.32 Å². The van der Waals surface area contributed by atoms with Crippen molar-refractivity contribution in [3.63, 3.8) is 0 Å². The maximum absolute atomic E-state index is 14.1. The number of imidazole rings is 1. The third-order valence-electron chi connectivity index (χ3n) is 6.62. The molecule has 2 amide bonds. The molecule has 1 N–H and O–H groups in total. The van der Waals surface area contributed by atoms with Gasteiger partial charge in [0.2, 0.25) is 11.9 Å². The fraction of sp³-hybridized carbons (Fsp3) is 0.370. The van der Waals surface area contributed by atoms with E-state index >= 15 is 0 Å². The number of nitrogens with zero attached hydrogens (tertiary/aromatic N) is 3. The lowest BCUT2D eigenvalue weighted by Gasteiger charge is -2.26. The van der Waals surface area contributed by atoms with E-state index in [-0.39, 0.29) is 40.9 Å². The van der Waals surface area contributed by atoms with Gasteiger partial charge in [-0.15, -0.1) is 0 Å². The van der Waals surface area contributed by atoms with Crippen LogP contribution in [0.15, 0.2) is 58.2 Å². The predicted molar refractivity (Wildman–Crippen MR) is 156 cm³/mol. The zero-order chi connectivity index (χ0) is 28.5. The lowest BCUT2D eigenvalue weighted by molar-refractivity contribution is -0.124. The summed E-state index contributed by atoms with van der Waals surface area (Å²) in [6.45, 7) is 5.70. The minimum absolute atomic E-state index is 0.0349. The summed E-state index contributed by atoms with van der Waals surface area (Å²) in [6, 6.07) is 12.3. The van der Waals surface area contributed by atoms with E-state index in [1.165, 1.54) is 15.7 Å². The zero-order valence-corrected chi connectivity index (χ0v) is 25.7. The maximum atomic E-state index is 14.1. The molecular weight excluding hydrogens is 627 g/mol. The molecule has 2 aromatic carbocycles. The molecule has 0 fully saturated rings. The number of anilines is 2. The molecule has 12 heteroatoms. The minimum Gasteiger partial charge on any atom is -0.356 e. The molecule has 0 radical (unpaired) electrons. The smallest absolute Gasteiger partial charge is 0.260 e. The Balaban J connectivity index is 1.70. The number of carbonyl (C=O) groups is 2. The fourth-order valence-electron chi connectivity index (χ4n) is 4.59. The van der Waals surface area contributed by atoms with Gasteiger partial charge in [0.1, 0.15) is 5.54 Å². The Bertz CT molecular complexity index is 1490. The molecule has 2 heterocycles. The van der Waals surface area contributed by atoms with Crippen LogP contribution in [0.5, 0.6) is 0 Å². The van der Waals surface area contributed by atoms with Gasteiger partial charge in [-0.2, -0.15) is 0 Å². The van der Waals surface area contributed by atoms with Gasteiger partial charge >= 0.3 is 0 Å². The van der Waals surface area contributed by atoms with Gasteiger partial charge in [0.05, 0.1) is 17.6 Å². The van der Waals surface area contributed by atoms with Crippen molar-refractivity contribution in [2.75, 3.05) is 17.2 Å². The van der Waals surface area contributed by atoms with E-state index in [2.05, 4.69) is 26.2 Å². The summed E-state index contributed by atoms with van der Waals surface area (Å²) < 4.78 is 29.6. The van der Waals surface area contributed by atoms with Crippen molar-refractivity contribution in [2.24, 2.45) is 5.92 Å². The van der Waals surface area contributed by atoms with E-state index in [1.807, 2.05) is 24.3 Å². The number of fused-ring (bicyclic) bond motifs is 1. The molecule has 0 aliphatic carbocycles. The van der Waals surface area contributed by atoms with Crippen molar-refractivity contribution in [1.29, 1.82) is 0 Å². The lowest BCUT2D eigenvalue weighted by atomic mass is 9.92. The van der Waals surface area contributed by atoms with Crippen LogP contribution in [0.1, 0.15) is 39.2 Å². The van der Waals surface area contributed by atoms with Gasteiger partial charge in [-0.05, 0) is 55.7 Å². The maximum Gasteiger partial charge on any atom is 0.260 e. The van der Waals surface area contributed by atoms with Crippen molar-refractivity contribution in [1.82, 2.24) is 14.9 Å². The van der Waals surface area contributed by atoms with E-state index in [4.69, 9.17) is 23.2 Å². The molecular formula is C27H29BrCl2N4O4S. The monoisotopic (exact) mass is 654 g/mol. The van der Waals surface area contributed by atoms with Crippen LogP contribution in [0.2, 0.25) is 10.0 Å². The number of nitrogens with one attached hydrogen (secondary N) is 1. The Morgan fingerprint density at radius 1 is 1.10 bits per heavy atom. The minimum atomic E-state index is -3.83. The summed E-state index contributed by atoms with van der Waals surface area (Å²) >= 11 is 15.9. The number of benzene rings is 2. The number of hydrogen-bond donors (Lipinski definition) is 1. The highest BCUT2D eigenvalue weighted by molar-refractivity contribution is 9.10. The number of hydrogen-bond acceptors (Lipinski definition) is 5. The van der Waals surface area contributed by atoms with Gasteiger partial charge in [0, 0.05) is 33.4 Å². The Kier molecular flexibility index (Phi) is 8.80. The van der Waals surface area contributed by atoms with Gasteiger partial charge in [0.15, 0.2) is 14.9 Å². The van der Waals surface area contributed by atoms with Crippen molar-refractivity contribution in [2.45, 2.75) is 50.6 Å². The number of aromatic nitrogens is 2. The van der Waals surface area contributed by atoms with Crippen LogP contribution in [0.3, 0.4) is 0 Å². The lowest BCUT2D eigenvalue weighted by Crippen LogP contribution is -2.42. The summed E-state index contributed by atoms with van der Waals surface area (Å²) in [5.41, 5.74) is -0.0418. The molecule has 3 aromatic rings.